The van der Waals surface area contributed by atoms with Gasteiger partial charge in [0.2, 0.25) is 5.43 Å². The van der Waals surface area contributed by atoms with Gasteiger partial charge in [0.15, 0.2) is 5.75 Å². The lowest BCUT2D eigenvalue weighted by atomic mass is 10.2. The molecule has 0 saturated heterocycles. The van der Waals surface area contributed by atoms with Gasteiger partial charge in [-0.25, -0.2) is 0 Å². The summed E-state index contributed by atoms with van der Waals surface area (Å²) in [6.45, 7) is 0. The Kier molecular flexibility index (Phi) is 5.24. The average Bonchev–Trinajstić information content (AvgIpc) is 2.64. The summed E-state index contributed by atoms with van der Waals surface area (Å²) in [5.74, 6) is -0.334. The highest BCUT2D eigenvalue weighted by atomic mass is 35.5. The maximum absolute atomic E-state index is 12.5. The van der Waals surface area contributed by atoms with Crippen LogP contribution in [0.15, 0.2) is 65.6 Å². The smallest absolute Gasteiger partial charge is 0.272 e. The van der Waals surface area contributed by atoms with Crippen LogP contribution in [0.5, 0.6) is 5.75 Å². The summed E-state index contributed by atoms with van der Waals surface area (Å²) in [7, 11) is 1.39. The van der Waals surface area contributed by atoms with E-state index in [2.05, 4.69) is 15.6 Å². The summed E-state index contributed by atoms with van der Waals surface area (Å²) in [5, 5.41) is 6.45. The van der Waals surface area contributed by atoms with Gasteiger partial charge >= 0.3 is 0 Å². The molecule has 1 aromatic heterocycles. The van der Waals surface area contributed by atoms with Gasteiger partial charge < -0.3 is 20.4 Å². The van der Waals surface area contributed by atoms with E-state index in [-0.39, 0.29) is 16.9 Å². The lowest BCUT2D eigenvalue weighted by Gasteiger charge is -2.14. The first kappa shape index (κ1) is 17.6. The fourth-order valence-corrected chi connectivity index (χ4v) is 2.52. The predicted molar refractivity (Wildman–Crippen MR) is 103 cm³/mol. The van der Waals surface area contributed by atoms with E-state index in [9.17, 15) is 9.59 Å². The predicted octanol–water partition coefficient (Wildman–Crippen LogP) is 4.03. The monoisotopic (exact) mass is 369 g/mol. The van der Waals surface area contributed by atoms with Crippen molar-refractivity contribution in [3.63, 3.8) is 0 Å². The van der Waals surface area contributed by atoms with Crippen LogP contribution in [0.2, 0.25) is 5.02 Å². The third kappa shape index (κ3) is 4.04. The summed E-state index contributed by atoms with van der Waals surface area (Å²) < 4.78 is 4.90. The van der Waals surface area contributed by atoms with Crippen molar-refractivity contribution in [2.24, 2.45) is 0 Å². The standard InChI is InChI=1S/C19H16ClN3O3/c1-26-18-11-21-16(10-17(18)24)19(25)23-15-9-12(20)7-8-14(15)22-13-5-3-2-4-6-13/h2-11,22H,1H3,(H,21,24)(H,23,25). The average molecular weight is 370 g/mol. The van der Waals surface area contributed by atoms with Crippen LogP contribution in [-0.4, -0.2) is 18.0 Å². The molecule has 132 valence electrons. The van der Waals surface area contributed by atoms with Crippen molar-refractivity contribution in [1.29, 1.82) is 0 Å². The van der Waals surface area contributed by atoms with Gasteiger partial charge in [-0.2, -0.15) is 0 Å². The van der Waals surface area contributed by atoms with E-state index in [1.54, 1.807) is 18.2 Å². The SMILES string of the molecule is COc1c[nH]c(C(=O)Nc2cc(Cl)ccc2Nc2ccccc2)cc1=O. The molecule has 0 saturated carbocycles. The number of carbonyl (C=O) groups excluding carboxylic acids is 1. The van der Waals surface area contributed by atoms with Crippen molar-refractivity contribution in [2.75, 3.05) is 17.7 Å². The van der Waals surface area contributed by atoms with E-state index in [1.807, 2.05) is 30.3 Å². The molecule has 3 aromatic rings. The van der Waals surface area contributed by atoms with Gasteiger partial charge in [0.05, 0.1) is 18.5 Å². The van der Waals surface area contributed by atoms with Gasteiger partial charge in [0.1, 0.15) is 5.69 Å². The number of ether oxygens (including phenoxy) is 1. The van der Waals surface area contributed by atoms with Gasteiger partial charge in [-0.1, -0.05) is 29.8 Å². The molecule has 6 nitrogen and oxygen atoms in total. The number of H-pyrrole nitrogens is 1. The molecule has 1 amide bonds. The Bertz CT molecular complexity index is 987. The second-order valence-corrected chi connectivity index (χ2v) is 5.85. The van der Waals surface area contributed by atoms with Crippen LogP contribution in [0, 0.1) is 0 Å². The molecule has 0 unspecified atom stereocenters. The number of methoxy groups -OCH3 is 1. The summed E-state index contributed by atoms with van der Waals surface area (Å²) in [6, 6.07) is 15.8. The lowest BCUT2D eigenvalue weighted by molar-refractivity contribution is 0.102. The number of pyridine rings is 1. The zero-order chi connectivity index (χ0) is 18.5. The number of amides is 1. The Morgan fingerprint density at radius 2 is 1.85 bits per heavy atom. The van der Waals surface area contributed by atoms with E-state index in [4.69, 9.17) is 16.3 Å². The Balaban J connectivity index is 1.86. The van der Waals surface area contributed by atoms with Crippen molar-refractivity contribution in [3.05, 3.63) is 81.7 Å². The minimum atomic E-state index is -0.469. The highest BCUT2D eigenvalue weighted by molar-refractivity contribution is 6.31. The normalized spacial score (nSPS) is 10.2. The fourth-order valence-electron chi connectivity index (χ4n) is 2.34. The van der Waals surface area contributed by atoms with Crippen LogP contribution in [-0.2, 0) is 0 Å². The number of benzene rings is 2. The minimum Gasteiger partial charge on any atom is -0.491 e. The summed E-state index contributed by atoms with van der Waals surface area (Å²) in [6.07, 6.45) is 1.35. The lowest BCUT2D eigenvalue weighted by Crippen LogP contribution is -2.18. The van der Waals surface area contributed by atoms with Gasteiger partial charge in [-0.3, -0.25) is 9.59 Å². The minimum absolute atomic E-state index is 0.112. The first-order valence-corrected chi connectivity index (χ1v) is 8.14. The molecule has 0 radical (unpaired) electrons. The summed E-state index contributed by atoms with van der Waals surface area (Å²) in [4.78, 5) is 27.1. The Labute approximate surface area is 154 Å². The third-order valence-electron chi connectivity index (χ3n) is 3.62. The van der Waals surface area contributed by atoms with Crippen LogP contribution in [0.1, 0.15) is 10.5 Å². The Morgan fingerprint density at radius 1 is 1.08 bits per heavy atom. The Hall–Kier alpha value is -3.25. The maximum atomic E-state index is 12.5. The van der Waals surface area contributed by atoms with E-state index in [1.165, 1.54) is 19.4 Å². The first-order chi connectivity index (χ1) is 12.6. The number of anilines is 3. The van der Waals surface area contributed by atoms with E-state index in [0.29, 0.717) is 16.4 Å². The van der Waals surface area contributed by atoms with Crippen molar-refractivity contribution < 1.29 is 9.53 Å². The number of hydrogen-bond donors (Lipinski definition) is 3. The molecule has 3 rings (SSSR count). The van der Waals surface area contributed by atoms with Gasteiger partial charge in [-0.15, -0.1) is 0 Å². The quantitative estimate of drug-likeness (QED) is 0.634. The van der Waals surface area contributed by atoms with Gasteiger partial charge in [-0.05, 0) is 30.3 Å². The molecule has 7 heteroatoms. The molecule has 0 aliphatic heterocycles. The number of aromatic nitrogens is 1. The Morgan fingerprint density at radius 3 is 2.54 bits per heavy atom. The second kappa shape index (κ2) is 7.76. The molecular weight excluding hydrogens is 354 g/mol. The highest BCUT2D eigenvalue weighted by Gasteiger charge is 2.12. The van der Waals surface area contributed by atoms with E-state index < -0.39 is 5.91 Å². The molecule has 0 spiro atoms. The van der Waals surface area contributed by atoms with Crippen LogP contribution < -0.4 is 20.8 Å². The summed E-state index contributed by atoms with van der Waals surface area (Å²) >= 11 is 6.06. The van der Waals surface area contributed by atoms with E-state index in [0.717, 1.165) is 5.69 Å². The molecule has 0 atom stereocenters. The molecular formula is C19H16ClN3O3. The van der Waals surface area contributed by atoms with Crippen LogP contribution >= 0.6 is 11.6 Å². The molecule has 0 aliphatic rings. The number of hydrogen-bond acceptors (Lipinski definition) is 4. The molecule has 26 heavy (non-hydrogen) atoms. The van der Waals surface area contributed by atoms with Crippen molar-refractivity contribution in [2.45, 2.75) is 0 Å². The van der Waals surface area contributed by atoms with Crippen LogP contribution in [0.25, 0.3) is 0 Å². The fraction of sp³-hybridized carbons (Fsp3) is 0.0526. The maximum Gasteiger partial charge on any atom is 0.272 e. The highest BCUT2D eigenvalue weighted by Crippen LogP contribution is 2.29. The van der Waals surface area contributed by atoms with Crippen molar-refractivity contribution in [1.82, 2.24) is 4.98 Å². The second-order valence-electron chi connectivity index (χ2n) is 5.41. The number of nitrogens with one attached hydrogen (secondary N) is 3. The van der Waals surface area contributed by atoms with Gasteiger partial charge in [0, 0.05) is 23.0 Å². The topological polar surface area (TPSA) is 83.2 Å². The number of rotatable bonds is 5. The number of carbonyl (C=O) groups is 1. The molecule has 3 N–H and O–H groups in total. The number of halogens is 1. The van der Waals surface area contributed by atoms with Gasteiger partial charge in [0.25, 0.3) is 5.91 Å². The van der Waals surface area contributed by atoms with Crippen LogP contribution in [0.4, 0.5) is 17.1 Å². The largest absolute Gasteiger partial charge is 0.491 e. The molecule has 0 fully saturated rings. The van der Waals surface area contributed by atoms with Crippen molar-refractivity contribution in [3.8, 4) is 5.75 Å². The van der Waals surface area contributed by atoms with E-state index >= 15 is 0 Å². The molecule has 0 bridgehead atoms. The molecule has 2 aromatic carbocycles. The number of aromatic amines is 1. The molecule has 1 heterocycles. The molecule has 0 aliphatic carbocycles. The summed E-state index contributed by atoms with van der Waals surface area (Å²) in [5.41, 5.74) is 1.75. The van der Waals surface area contributed by atoms with Crippen molar-refractivity contribution >= 4 is 34.6 Å². The number of para-hydroxylation sites is 1. The van der Waals surface area contributed by atoms with Crippen LogP contribution in [0.3, 0.4) is 0 Å². The third-order valence-corrected chi connectivity index (χ3v) is 3.86. The first-order valence-electron chi connectivity index (χ1n) is 7.76. The zero-order valence-corrected chi connectivity index (χ0v) is 14.6. The zero-order valence-electron chi connectivity index (χ0n) is 13.9.